The molecular formula is C11H15BrN2O2S2. The monoisotopic (exact) mass is 350 g/mol. The van der Waals surface area contributed by atoms with Crippen molar-refractivity contribution in [2.45, 2.75) is 11.3 Å². The largest absolute Gasteiger partial charge is 0.398 e. The average Bonchev–Trinajstić information content (AvgIpc) is 2.78. The topological polar surface area (TPSA) is 72.2 Å². The first kappa shape index (κ1) is 14.2. The van der Waals surface area contributed by atoms with Gasteiger partial charge in [-0.05, 0) is 42.0 Å². The molecule has 1 saturated heterocycles. The van der Waals surface area contributed by atoms with Crippen molar-refractivity contribution in [3.05, 3.63) is 22.7 Å². The molecule has 1 aliphatic heterocycles. The van der Waals surface area contributed by atoms with Gasteiger partial charge in [0, 0.05) is 11.0 Å². The quantitative estimate of drug-likeness (QED) is 0.815. The number of nitrogen functional groups attached to an aromatic ring is 1. The molecule has 7 heteroatoms. The fourth-order valence-electron chi connectivity index (χ4n) is 1.81. The summed E-state index contributed by atoms with van der Waals surface area (Å²) in [6.45, 7) is 0.491. The molecule has 4 nitrogen and oxygen atoms in total. The van der Waals surface area contributed by atoms with Crippen LogP contribution < -0.4 is 10.5 Å². The minimum atomic E-state index is -3.50. The van der Waals surface area contributed by atoms with Crippen LogP contribution in [0.15, 0.2) is 27.6 Å². The molecule has 1 unspecified atom stereocenters. The van der Waals surface area contributed by atoms with Crippen molar-refractivity contribution in [1.82, 2.24) is 4.72 Å². The average molecular weight is 351 g/mol. The van der Waals surface area contributed by atoms with Gasteiger partial charge >= 0.3 is 0 Å². The molecule has 3 N–H and O–H groups in total. The summed E-state index contributed by atoms with van der Waals surface area (Å²) in [5.41, 5.74) is 6.00. The second kappa shape index (κ2) is 5.81. The van der Waals surface area contributed by atoms with Crippen LogP contribution in [0.1, 0.15) is 6.42 Å². The Kier molecular flexibility index (Phi) is 4.58. The lowest BCUT2D eigenvalue weighted by Crippen LogP contribution is -2.29. The molecule has 1 aromatic carbocycles. The molecular weight excluding hydrogens is 336 g/mol. The fraction of sp³-hybridized carbons (Fsp3) is 0.455. The van der Waals surface area contributed by atoms with Gasteiger partial charge in [0.05, 0.1) is 5.69 Å². The maximum atomic E-state index is 12.1. The highest BCUT2D eigenvalue weighted by molar-refractivity contribution is 9.10. The second-order valence-corrected chi connectivity index (χ2v) is 8.06. The Bertz CT molecular complexity index is 528. The predicted octanol–water partition coefficient (Wildman–Crippen LogP) is 2.06. The normalized spacial score (nSPS) is 20.2. The summed E-state index contributed by atoms with van der Waals surface area (Å²) in [6.07, 6.45) is 1.07. The number of sulfonamides is 1. The van der Waals surface area contributed by atoms with Gasteiger partial charge in [0.1, 0.15) is 4.90 Å². The zero-order valence-electron chi connectivity index (χ0n) is 9.73. The van der Waals surface area contributed by atoms with Gasteiger partial charge in [-0.1, -0.05) is 15.9 Å². The lowest BCUT2D eigenvalue weighted by Gasteiger charge is -2.12. The molecule has 0 spiro atoms. The minimum Gasteiger partial charge on any atom is -0.398 e. The van der Waals surface area contributed by atoms with E-state index in [9.17, 15) is 8.42 Å². The minimum absolute atomic E-state index is 0.149. The van der Waals surface area contributed by atoms with E-state index in [1.54, 1.807) is 12.1 Å². The van der Waals surface area contributed by atoms with Crippen LogP contribution in [0.2, 0.25) is 0 Å². The van der Waals surface area contributed by atoms with E-state index in [-0.39, 0.29) is 10.6 Å². The van der Waals surface area contributed by atoms with Gasteiger partial charge in [-0.2, -0.15) is 11.8 Å². The summed E-state index contributed by atoms with van der Waals surface area (Å²) in [6, 6.07) is 4.79. The Morgan fingerprint density at radius 2 is 2.28 bits per heavy atom. The standard InChI is InChI=1S/C11H15BrN2O2S2/c12-9-1-2-11(10(13)5-9)18(15,16)14-6-8-3-4-17-7-8/h1-2,5,8,14H,3-4,6-7,13H2. The van der Waals surface area contributed by atoms with Crippen LogP contribution in [0.3, 0.4) is 0 Å². The first-order valence-corrected chi connectivity index (χ1v) is 9.04. The lowest BCUT2D eigenvalue weighted by atomic mass is 10.1. The van der Waals surface area contributed by atoms with Crippen molar-refractivity contribution in [3.63, 3.8) is 0 Å². The highest BCUT2D eigenvalue weighted by atomic mass is 79.9. The number of benzene rings is 1. The number of nitrogens with one attached hydrogen (secondary N) is 1. The molecule has 0 aliphatic carbocycles. The van der Waals surface area contributed by atoms with E-state index >= 15 is 0 Å². The Labute approximate surface area is 120 Å². The fourth-order valence-corrected chi connectivity index (χ4v) is 4.70. The van der Waals surface area contributed by atoms with Crippen molar-refractivity contribution < 1.29 is 8.42 Å². The van der Waals surface area contributed by atoms with E-state index in [4.69, 9.17) is 5.73 Å². The molecule has 0 amide bonds. The summed E-state index contributed by atoms with van der Waals surface area (Å²) in [5, 5.41) is 0. The summed E-state index contributed by atoms with van der Waals surface area (Å²) < 4.78 is 27.6. The number of hydrogen-bond donors (Lipinski definition) is 2. The van der Waals surface area contributed by atoms with Crippen LogP contribution >= 0.6 is 27.7 Å². The zero-order valence-corrected chi connectivity index (χ0v) is 12.9. The molecule has 1 aromatic rings. The maximum absolute atomic E-state index is 12.1. The van der Waals surface area contributed by atoms with Crippen LogP contribution in [0.4, 0.5) is 5.69 Å². The summed E-state index contributed by atoms with van der Waals surface area (Å²) in [5.74, 6) is 2.58. The maximum Gasteiger partial charge on any atom is 0.242 e. The van der Waals surface area contributed by atoms with Crippen LogP contribution in [0, 0.1) is 5.92 Å². The van der Waals surface area contributed by atoms with E-state index in [1.807, 2.05) is 11.8 Å². The van der Waals surface area contributed by atoms with Gasteiger partial charge in [0.15, 0.2) is 0 Å². The molecule has 1 fully saturated rings. The van der Waals surface area contributed by atoms with Crippen molar-refractivity contribution in [2.24, 2.45) is 5.92 Å². The zero-order chi connectivity index (χ0) is 13.2. The first-order chi connectivity index (χ1) is 8.49. The third-order valence-corrected chi connectivity index (χ3v) is 6.07. The number of rotatable bonds is 4. The molecule has 0 radical (unpaired) electrons. The predicted molar refractivity (Wildman–Crippen MR) is 79.2 cm³/mol. The van der Waals surface area contributed by atoms with Crippen molar-refractivity contribution in [1.29, 1.82) is 0 Å². The van der Waals surface area contributed by atoms with Gasteiger partial charge in [-0.3, -0.25) is 0 Å². The SMILES string of the molecule is Nc1cc(Br)ccc1S(=O)(=O)NCC1CCSC1. The molecule has 0 aromatic heterocycles. The summed E-state index contributed by atoms with van der Waals surface area (Å²) in [4.78, 5) is 0.149. The Morgan fingerprint density at radius 3 is 2.89 bits per heavy atom. The van der Waals surface area contributed by atoms with Gasteiger partial charge in [0.2, 0.25) is 10.0 Å². The van der Waals surface area contributed by atoms with Crippen LogP contribution in [0.5, 0.6) is 0 Å². The Morgan fingerprint density at radius 1 is 1.50 bits per heavy atom. The van der Waals surface area contributed by atoms with E-state index in [2.05, 4.69) is 20.7 Å². The van der Waals surface area contributed by atoms with Crippen LogP contribution in [-0.4, -0.2) is 26.5 Å². The smallest absolute Gasteiger partial charge is 0.242 e. The van der Waals surface area contributed by atoms with Crippen molar-refractivity contribution in [3.8, 4) is 0 Å². The molecule has 0 bridgehead atoms. The highest BCUT2D eigenvalue weighted by Gasteiger charge is 2.21. The molecule has 1 atom stereocenters. The van der Waals surface area contributed by atoms with Gasteiger partial charge in [-0.25, -0.2) is 13.1 Å². The van der Waals surface area contributed by atoms with Gasteiger partial charge in [0.25, 0.3) is 0 Å². The number of thioether (sulfide) groups is 1. The summed E-state index contributed by atoms with van der Waals surface area (Å²) in [7, 11) is -3.50. The lowest BCUT2D eigenvalue weighted by molar-refractivity contribution is 0.546. The van der Waals surface area contributed by atoms with Gasteiger partial charge in [-0.15, -0.1) is 0 Å². The van der Waals surface area contributed by atoms with E-state index in [1.165, 1.54) is 6.07 Å². The summed E-state index contributed by atoms with van der Waals surface area (Å²) >= 11 is 5.13. The van der Waals surface area contributed by atoms with E-state index < -0.39 is 10.0 Å². The molecule has 2 rings (SSSR count). The third-order valence-electron chi connectivity index (χ3n) is 2.85. The number of nitrogens with two attached hydrogens (primary N) is 1. The Balaban J connectivity index is 2.09. The molecule has 1 heterocycles. The van der Waals surface area contributed by atoms with Crippen molar-refractivity contribution >= 4 is 43.4 Å². The molecule has 1 aliphatic rings. The molecule has 0 saturated carbocycles. The van der Waals surface area contributed by atoms with E-state index in [0.29, 0.717) is 12.5 Å². The number of hydrogen-bond acceptors (Lipinski definition) is 4. The van der Waals surface area contributed by atoms with Crippen LogP contribution in [-0.2, 0) is 10.0 Å². The second-order valence-electron chi connectivity index (χ2n) is 4.26. The molecule has 100 valence electrons. The van der Waals surface area contributed by atoms with Crippen LogP contribution in [0.25, 0.3) is 0 Å². The van der Waals surface area contributed by atoms with Gasteiger partial charge < -0.3 is 5.73 Å². The first-order valence-electron chi connectivity index (χ1n) is 5.61. The number of anilines is 1. The van der Waals surface area contributed by atoms with E-state index in [0.717, 1.165) is 22.4 Å². The highest BCUT2D eigenvalue weighted by Crippen LogP contribution is 2.25. The third kappa shape index (κ3) is 3.40. The number of halogens is 1. The molecule has 18 heavy (non-hydrogen) atoms. The van der Waals surface area contributed by atoms with Crippen molar-refractivity contribution in [2.75, 3.05) is 23.8 Å². The Hall–Kier alpha value is -0.240.